The Labute approximate surface area is 356 Å². The van der Waals surface area contributed by atoms with Crippen molar-refractivity contribution in [2.45, 2.75) is 176 Å². The Bertz CT molecular complexity index is 1230. The second-order valence-corrected chi connectivity index (χ2v) is 15.2. The maximum Gasteiger partial charge on any atom is 0.511 e. The van der Waals surface area contributed by atoms with E-state index in [9.17, 15) is 19.2 Å². The van der Waals surface area contributed by atoms with Crippen LogP contribution in [-0.4, -0.2) is 93.7 Å². The molecule has 0 aromatic carbocycles. The number of likely N-dealkylation sites (tertiary alicyclic amines) is 1. The molecule has 0 aliphatic carbocycles. The standard InChI is InChI=1S/C47H79NO11/c1-7-12-15-18-21-26-34-53-42(49)31-24-25-32-43(50)54-38-40(6)44(59-46(52)55-39-41-30-29-33-48(11-5)37-41)58-45(51)47(10-4,56-35-27-22-19-16-13-8-2)57-36-28-23-20-17-14-9-3/h13-14,16-17,40-41,44H,7-12,15,19-20,22-39H2,1-6H3/b16-13-,17-14-. The summed E-state index contributed by atoms with van der Waals surface area (Å²) < 4.78 is 40.3. The highest BCUT2D eigenvalue weighted by Crippen LogP contribution is 2.25. The summed E-state index contributed by atoms with van der Waals surface area (Å²) in [4.78, 5) is 54.3. The first-order valence-electron chi connectivity index (χ1n) is 22.8. The lowest BCUT2D eigenvalue weighted by Crippen LogP contribution is -2.48. The van der Waals surface area contributed by atoms with Crippen LogP contribution in [0.2, 0.25) is 0 Å². The number of carbonyl (C=O) groups excluding carboxylic acids is 4. The van der Waals surface area contributed by atoms with Gasteiger partial charge in [-0.2, -0.15) is 0 Å². The summed E-state index contributed by atoms with van der Waals surface area (Å²) in [5.74, 6) is 2.11. The average Bonchev–Trinajstić information content (AvgIpc) is 3.24. The van der Waals surface area contributed by atoms with E-state index in [1.54, 1.807) is 13.8 Å². The molecule has 1 aliphatic rings. The van der Waals surface area contributed by atoms with Gasteiger partial charge in [0.05, 0.1) is 25.7 Å². The van der Waals surface area contributed by atoms with Gasteiger partial charge in [-0.3, -0.25) is 9.59 Å². The van der Waals surface area contributed by atoms with E-state index < -0.39 is 36.1 Å². The van der Waals surface area contributed by atoms with Gasteiger partial charge in [0.1, 0.15) is 13.2 Å². The zero-order chi connectivity index (χ0) is 43.4. The molecule has 12 heteroatoms. The number of hydrogen-bond acceptors (Lipinski definition) is 12. The van der Waals surface area contributed by atoms with Crippen molar-refractivity contribution in [3.63, 3.8) is 0 Å². The molecule has 0 aromatic heterocycles. The molecule has 1 rings (SSSR count). The van der Waals surface area contributed by atoms with E-state index in [2.05, 4.69) is 68.7 Å². The van der Waals surface area contributed by atoms with Gasteiger partial charge in [0.2, 0.25) is 0 Å². The van der Waals surface area contributed by atoms with Crippen LogP contribution >= 0.6 is 0 Å². The van der Waals surface area contributed by atoms with E-state index in [4.69, 9.17) is 33.2 Å². The van der Waals surface area contributed by atoms with Crippen molar-refractivity contribution < 1.29 is 52.3 Å². The molecule has 12 nitrogen and oxygen atoms in total. The lowest BCUT2D eigenvalue weighted by molar-refractivity contribution is -0.266. The van der Waals surface area contributed by atoms with Crippen molar-refractivity contribution in [3.8, 4) is 11.8 Å². The number of rotatable bonds is 33. The third-order valence-electron chi connectivity index (χ3n) is 9.96. The Morgan fingerprint density at radius 2 is 1.36 bits per heavy atom. The van der Waals surface area contributed by atoms with Crippen LogP contribution in [0, 0.1) is 23.7 Å². The number of esters is 3. The Kier molecular flexibility index (Phi) is 32.1. The van der Waals surface area contributed by atoms with Crippen LogP contribution in [0.3, 0.4) is 0 Å². The van der Waals surface area contributed by atoms with Crippen LogP contribution in [0.1, 0.15) is 164 Å². The van der Waals surface area contributed by atoms with E-state index in [0.717, 1.165) is 90.3 Å². The van der Waals surface area contributed by atoms with Gasteiger partial charge in [-0.15, -0.1) is 5.92 Å². The van der Waals surface area contributed by atoms with Crippen molar-refractivity contribution in [3.05, 3.63) is 24.3 Å². The molecule has 1 fully saturated rings. The smallest absolute Gasteiger partial charge is 0.465 e. The van der Waals surface area contributed by atoms with Gasteiger partial charge in [-0.25, -0.2) is 9.59 Å². The van der Waals surface area contributed by atoms with Gasteiger partial charge < -0.3 is 38.1 Å². The molecule has 0 spiro atoms. The van der Waals surface area contributed by atoms with E-state index in [-0.39, 0.29) is 64.2 Å². The second-order valence-electron chi connectivity index (χ2n) is 15.2. The summed E-state index contributed by atoms with van der Waals surface area (Å²) >= 11 is 0. The average molecular weight is 834 g/mol. The molecule has 0 N–H and O–H groups in total. The molecule has 3 unspecified atom stereocenters. The number of unbranched alkanes of at least 4 members (excludes halogenated alkanes) is 7. The van der Waals surface area contributed by atoms with Crippen LogP contribution < -0.4 is 0 Å². The highest BCUT2D eigenvalue weighted by Gasteiger charge is 2.44. The van der Waals surface area contributed by atoms with Gasteiger partial charge in [-0.05, 0) is 96.6 Å². The fourth-order valence-corrected chi connectivity index (χ4v) is 6.26. The Morgan fingerprint density at radius 1 is 0.729 bits per heavy atom. The number of ether oxygens (including phenoxy) is 7. The summed E-state index contributed by atoms with van der Waals surface area (Å²) in [6, 6.07) is 0. The van der Waals surface area contributed by atoms with E-state index >= 15 is 0 Å². The SMILES string of the molecule is CC/C=C\CCCCOC(CC)(OCCCC/C=C\CC)C(=O)OC(OC(=O)OCC1CCCN(CC)C1)C(C)COC(=O)CCCCC(=O)OCCC#CCCCC. The van der Waals surface area contributed by atoms with Crippen LogP contribution in [0.4, 0.5) is 4.79 Å². The Morgan fingerprint density at radius 3 is 1.95 bits per heavy atom. The molecule has 3 atom stereocenters. The maximum absolute atomic E-state index is 14.1. The van der Waals surface area contributed by atoms with Crippen LogP contribution in [0.5, 0.6) is 0 Å². The molecular weight excluding hydrogens is 755 g/mol. The fraction of sp³-hybridized carbons (Fsp3) is 0.787. The van der Waals surface area contributed by atoms with Crippen molar-refractivity contribution >= 4 is 24.1 Å². The summed E-state index contributed by atoms with van der Waals surface area (Å²) in [6.07, 6.45) is 19.8. The number of allylic oxidation sites excluding steroid dienone is 4. The van der Waals surface area contributed by atoms with Crippen LogP contribution in [0.25, 0.3) is 0 Å². The second kappa shape index (κ2) is 35.4. The molecule has 59 heavy (non-hydrogen) atoms. The van der Waals surface area contributed by atoms with Gasteiger partial charge in [0.25, 0.3) is 12.1 Å². The molecule has 0 bridgehead atoms. The largest absolute Gasteiger partial charge is 0.511 e. The zero-order valence-corrected chi connectivity index (χ0v) is 37.6. The lowest BCUT2D eigenvalue weighted by atomic mass is 9.99. The molecular formula is C47H79NO11. The number of hydrogen-bond donors (Lipinski definition) is 0. The first-order valence-corrected chi connectivity index (χ1v) is 22.8. The van der Waals surface area contributed by atoms with Gasteiger partial charge in [-0.1, -0.05) is 78.2 Å². The molecule has 1 saturated heterocycles. The fourth-order valence-electron chi connectivity index (χ4n) is 6.26. The van der Waals surface area contributed by atoms with Crippen molar-refractivity contribution in [1.82, 2.24) is 4.90 Å². The summed E-state index contributed by atoms with van der Waals surface area (Å²) in [5.41, 5.74) is 0. The monoisotopic (exact) mass is 834 g/mol. The topological polar surface area (TPSA) is 136 Å². The molecule has 0 amide bonds. The van der Waals surface area contributed by atoms with Crippen molar-refractivity contribution in [2.75, 3.05) is 52.7 Å². The normalized spacial score (nSPS) is 15.7. The first-order chi connectivity index (χ1) is 28.6. The number of nitrogens with zero attached hydrogens (tertiary/aromatic N) is 1. The minimum atomic E-state index is -1.73. The lowest BCUT2D eigenvalue weighted by Gasteiger charge is -2.33. The number of carbonyl (C=O) groups is 4. The third-order valence-corrected chi connectivity index (χ3v) is 9.96. The summed E-state index contributed by atoms with van der Waals surface area (Å²) in [6.45, 7) is 15.4. The molecule has 0 radical (unpaired) electrons. The minimum absolute atomic E-state index is 0.0789. The third kappa shape index (κ3) is 26.4. The van der Waals surface area contributed by atoms with Crippen LogP contribution in [-0.2, 0) is 47.5 Å². The van der Waals surface area contributed by atoms with E-state index in [1.165, 1.54) is 0 Å². The van der Waals surface area contributed by atoms with Crippen LogP contribution in [0.15, 0.2) is 24.3 Å². The molecule has 0 aromatic rings. The Hall–Kier alpha value is -3.40. The highest BCUT2D eigenvalue weighted by atomic mass is 16.8. The number of piperidine rings is 1. The molecule has 1 aliphatic heterocycles. The highest BCUT2D eigenvalue weighted by molar-refractivity contribution is 5.78. The summed E-state index contributed by atoms with van der Waals surface area (Å²) in [5, 5.41) is 0. The zero-order valence-electron chi connectivity index (χ0n) is 37.6. The molecule has 0 saturated carbocycles. The van der Waals surface area contributed by atoms with Crippen molar-refractivity contribution in [1.29, 1.82) is 0 Å². The van der Waals surface area contributed by atoms with Crippen molar-refractivity contribution in [2.24, 2.45) is 11.8 Å². The quantitative estimate of drug-likeness (QED) is 0.0155. The first kappa shape index (κ1) is 53.6. The molecule has 1 heterocycles. The molecule has 338 valence electrons. The predicted molar refractivity (Wildman–Crippen MR) is 230 cm³/mol. The van der Waals surface area contributed by atoms with E-state index in [0.29, 0.717) is 32.1 Å². The predicted octanol–water partition coefficient (Wildman–Crippen LogP) is 10.0. The van der Waals surface area contributed by atoms with E-state index in [1.807, 2.05) is 0 Å². The minimum Gasteiger partial charge on any atom is -0.465 e. The van der Waals surface area contributed by atoms with Gasteiger partial charge in [0.15, 0.2) is 0 Å². The maximum atomic E-state index is 14.1. The van der Waals surface area contributed by atoms with Gasteiger partial charge in [0, 0.05) is 44.6 Å². The Balaban J connectivity index is 2.94. The summed E-state index contributed by atoms with van der Waals surface area (Å²) in [7, 11) is 0. The van der Waals surface area contributed by atoms with Gasteiger partial charge >= 0.3 is 24.1 Å².